The Bertz CT molecular complexity index is 1070. The summed E-state index contributed by atoms with van der Waals surface area (Å²) in [6.07, 6.45) is 19.6. The molecular weight excluding hydrogens is 731 g/mol. The predicted octanol–water partition coefficient (Wildman–Crippen LogP) is 7.28. The van der Waals surface area contributed by atoms with Crippen LogP contribution in [0.25, 0.3) is 0 Å². The SMILES string of the molecule is CCCCCCCC/C=C/CCCCCC(=O)OC[C@H](COP(=O)(O)OC1C(O)C(O)C(O)[C@@H](O)C1O)OC(=O)CCCCC/C=C/CCCCCCCC. The number of aliphatic hydroxyl groups is 5. The predicted molar refractivity (Wildman–Crippen MR) is 212 cm³/mol. The topological polar surface area (TPSA) is 210 Å². The van der Waals surface area contributed by atoms with Gasteiger partial charge in [0.2, 0.25) is 0 Å². The lowest BCUT2D eigenvalue weighted by atomic mass is 9.85. The summed E-state index contributed by atoms with van der Waals surface area (Å²) in [6, 6.07) is 0. The molecule has 0 bridgehead atoms. The maximum Gasteiger partial charge on any atom is 0.472 e. The van der Waals surface area contributed by atoms with Crippen molar-refractivity contribution >= 4 is 19.8 Å². The Morgan fingerprint density at radius 2 is 0.927 bits per heavy atom. The molecule has 0 heterocycles. The third kappa shape index (κ3) is 25.3. The monoisotopic (exact) mass is 806 g/mol. The molecule has 0 amide bonds. The Hall–Kier alpha value is -1.67. The van der Waals surface area contributed by atoms with Crippen molar-refractivity contribution in [1.82, 2.24) is 0 Å². The van der Waals surface area contributed by atoms with E-state index in [4.69, 9.17) is 18.5 Å². The van der Waals surface area contributed by atoms with Crippen molar-refractivity contribution in [1.29, 1.82) is 0 Å². The Morgan fingerprint density at radius 1 is 0.545 bits per heavy atom. The van der Waals surface area contributed by atoms with E-state index >= 15 is 0 Å². The van der Waals surface area contributed by atoms with Gasteiger partial charge in [0.25, 0.3) is 0 Å². The van der Waals surface area contributed by atoms with Gasteiger partial charge in [0.15, 0.2) is 6.10 Å². The molecule has 1 aliphatic rings. The zero-order valence-corrected chi connectivity index (χ0v) is 34.6. The van der Waals surface area contributed by atoms with Crippen molar-refractivity contribution in [3.8, 4) is 0 Å². The fourth-order valence-electron chi connectivity index (χ4n) is 6.28. The molecule has 0 saturated heterocycles. The summed E-state index contributed by atoms with van der Waals surface area (Å²) in [4.78, 5) is 35.5. The van der Waals surface area contributed by atoms with E-state index in [-0.39, 0.29) is 12.8 Å². The first-order chi connectivity index (χ1) is 26.4. The van der Waals surface area contributed by atoms with Crippen LogP contribution >= 0.6 is 7.82 Å². The first kappa shape index (κ1) is 51.3. The second-order valence-electron chi connectivity index (χ2n) is 14.8. The number of aliphatic hydroxyl groups excluding tert-OH is 5. The van der Waals surface area contributed by atoms with Crippen LogP contribution in [0.1, 0.15) is 168 Å². The number of ether oxygens (including phenoxy) is 2. The van der Waals surface area contributed by atoms with Crippen molar-refractivity contribution in [3.05, 3.63) is 24.3 Å². The van der Waals surface area contributed by atoms with Gasteiger partial charge >= 0.3 is 19.8 Å². The number of phosphoric acid groups is 1. The van der Waals surface area contributed by atoms with E-state index in [1.54, 1.807) is 0 Å². The summed E-state index contributed by atoms with van der Waals surface area (Å²) in [5.41, 5.74) is 0. The average molecular weight is 807 g/mol. The minimum atomic E-state index is -5.12. The molecule has 13 nitrogen and oxygen atoms in total. The van der Waals surface area contributed by atoms with Crippen LogP contribution in [0.4, 0.5) is 0 Å². The van der Waals surface area contributed by atoms with Crippen molar-refractivity contribution in [2.75, 3.05) is 13.2 Å². The summed E-state index contributed by atoms with van der Waals surface area (Å²) >= 11 is 0. The fraction of sp³-hybridized carbons (Fsp3) is 0.854. The van der Waals surface area contributed by atoms with Gasteiger partial charge in [0.05, 0.1) is 6.61 Å². The van der Waals surface area contributed by atoms with Gasteiger partial charge in [0, 0.05) is 12.8 Å². The molecule has 1 aliphatic carbocycles. The highest BCUT2D eigenvalue weighted by Crippen LogP contribution is 2.47. The second kappa shape index (κ2) is 32.3. The molecule has 0 aromatic rings. The Labute approximate surface area is 330 Å². The van der Waals surface area contributed by atoms with Crippen LogP contribution in [0, 0.1) is 0 Å². The van der Waals surface area contributed by atoms with Gasteiger partial charge in [-0.15, -0.1) is 0 Å². The smallest absolute Gasteiger partial charge is 0.462 e. The highest BCUT2D eigenvalue weighted by Gasteiger charge is 2.51. The molecule has 6 unspecified atom stereocenters. The standard InChI is InChI=1S/C41H75O13P/c1-3-5-7-9-11-13-15-17-19-21-23-25-27-29-34(42)51-31-33(32-52-55(49,50)54-41-39(47)37(45)36(44)38(46)40(41)48)53-35(43)30-28-26-24-22-20-18-16-14-12-10-8-6-4-2/h17-20,33,36-41,44-48H,3-16,21-32H2,1-2H3,(H,49,50)/b19-17+,20-18+/t33-,36?,37-,38?,39?,40?,41?/m1/s1. The van der Waals surface area contributed by atoms with Crippen molar-refractivity contribution in [2.24, 2.45) is 0 Å². The van der Waals surface area contributed by atoms with Crippen LogP contribution in [-0.4, -0.2) is 98.3 Å². The Balaban J connectivity index is 2.53. The first-order valence-corrected chi connectivity index (χ1v) is 22.6. The minimum Gasteiger partial charge on any atom is -0.462 e. The van der Waals surface area contributed by atoms with Crippen LogP contribution in [0.2, 0.25) is 0 Å². The van der Waals surface area contributed by atoms with Gasteiger partial charge in [-0.3, -0.25) is 18.6 Å². The highest BCUT2D eigenvalue weighted by atomic mass is 31.2. The van der Waals surface area contributed by atoms with Gasteiger partial charge in [-0.05, 0) is 64.2 Å². The summed E-state index contributed by atoms with van der Waals surface area (Å²) in [5.74, 6) is -1.14. The van der Waals surface area contributed by atoms with Crippen LogP contribution in [-0.2, 0) is 32.7 Å². The average Bonchev–Trinajstić information content (AvgIpc) is 3.16. The van der Waals surface area contributed by atoms with E-state index < -0.39 is 75.7 Å². The molecule has 1 fully saturated rings. The molecule has 55 heavy (non-hydrogen) atoms. The summed E-state index contributed by atoms with van der Waals surface area (Å²) in [5, 5.41) is 50.0. The number of carbonyl (C=O) groups excluding carboxylic acids is 2. The lowest BCUT2D eigenvalue weighted by Gasteiger charge is -2.41. The van der Waals surface area contributed by atoms with Gasteiger partial charge in [-0.2, -0.15) is 0 Å². The van der Waals surface area contributed by atoms with Gasteiger partial charge < -0.3 is 39.9 Å². The Kier molecular flexibility index (Phi) is 30.2. The van der Waals surface area contributed by atoms with E-state index in [0.717, 1.165) is 51.4 Å². The van der Waals surface area contributed by atoms with Gasteiger partial charge in [-0.1, -0.05) is 115 Å². The number of allylic oxidation sites excluding steroid dienone is 4. The number of carbonyl (C=O) groups is 2. The molecule has 0 radical (unpaired) electrons. The first-order valence-electron chi connectivity index (χ1n) is 21.1. The van der Waals surface area contributed by atoms with Gasteiger partial charge in [-0.25, -0.2) is 4.57 Å². The third-order valence-electron chi connectivity index (χ3n) is 9.77. The van der Waals surface area contributed by atoms with Crippen molar-refractivity contribution < 1.29 is 63.1 Å². The molecule has 0 aromatic carbocycles. The Morgan fingerprint density at radius 3 is 1.38 bits per heavy atom. The number of esters is 2. The summed E-state index contributed by atoms with van der Waals surface area (Å²) < 4.78 is 33.4. The maximum atomic E-state index is 12.8. The lowest BCUT2D eigenvalue weighted by molar-refractivity contribution is -0.220. The van der Waals surface area contributed by atoms with Crippen LogP contribution in [0.5, 0.6) is 0 Å². The van der Waals surface area contributed by atoms with E-state index in [1.165, 1.54) is 77.0 Å². The van der Waals surface area contributed by atoms with E-state index in [9.17, 15) is 44.6 Å². The van der Waals surface area contributed by atoms with E-state index in [1.807, 2.05) is 0 Å². The van der Waals surface area contributed by atoms with Crippen LogP contribution in [0.15, 0.2) is 24.3 Å². The highest BCUT2D eigenvalue weighted by molar-refractivity contribution is 7.47. The van der Waals surface area contributed by atoms with E-state index in [2.05, 4.69) is 38.2 Å². The fourth-order valence-corrected chi connectivity index (χ4v) is 7.25. The zero-order valence-electron chi connectivity index (χ0n) is 33.7. The number of phosphoric ester groups is 1. The second-order valence-corrected chi connectivity index (χ2v) is 16.2. The molecule has 0 aromatic heterocycles. The number of rotatable bonds is 34. The summed E-state index contributed by atoms with van der Waals surface area (Å²) in [6.45, 7) is 3.23. The molecule has 322 valence electrons. The minimum absolute atomic E-state index is 0.0746. The lowest BCUT2D eigenvalue weighted by Crippen LogP contribution is -2.64. The number of hydrogen-bond donors (Lipinski definition) is 6. The molecule has 14 heteroatoms. The largest absolute Gasteiger partial charge is 0.472 e. The quantitative estimate of drug-likeness (QED) is 0.0164. The molecule has 0 spiro atoms. The molecule has 1 saturated carbocycles. The van der Waals surface area contributed by atoms with Gasteiger partial charge in [0.1, 0.15) is 43.2 Å². The normalized spacial score (nSPS) is 23.3. The molecule has 8 atom stereocenters. The van der Waals surface area contributed by atoms with Crippen molar-refractivity contribution in [3.63, 3.8) is 0 Å². The zero-order chi connectivity index (χ0) is 40.7. The molecule has 0 aliphatic heterocycles. The van der Waals surface area contributed by atoms with Crippen LogP contribution in [0.3, 0.4) is 0 Å². The van der Waals surface area contributed by atoms with E-state index in [0.29, 0.717) is 12.8 Å². The molecule has 1 rings (SSSR count). The number of hydrogen-bond acceptors (Lipinski definition) is 12. The van der Waals surface area contributed by atoms with Crippen LogP contribution < -0.4 is 0 Å². The number of unbranched alkanes of at least 4 members (excludes halogenated alkanes) is 18. The molecule has 6 N–H and O–H groups in total. The molecular formula is C41H75O13P. The maximum absolute atomic E-state index is 12.8. The van der Waals surface area contributed by atoms with Crippen molar-refractivity contribution in [2.45, 2.75) is 211 Å². The summed E-state index contributed by atoms with van der Waals surface area (Å²) in [7, 11) is -5.12. The third-order valence-corrected chi connectivity index (χ3v) is 10.8.